The number of amides is 2. The first-order valence-electron chi connectivity index (χ1n) is 8.20. The van der Waals surface area contributed by atoms with E-state index in [2.05, 4.69) is 0 Å². The second-order valence-electron chi connectivity index (χ2n) is 6.46. The van der Waals surface area contributed by atoms with Crippen LogP contribution in [-0.4, -0.2) is 54.4 Å². The van der Waals surface area contributed by atoms with Crippen molar-refractivity contribution < 1.29 is 14.3 Å². The zero-order chi connectivity index (χ0) is 16.8. The summed E-state index contributed by atoms with van der Waals surface area (Å²) in [5.74, 6) is 1.24. The maximum absolute atomic E-state index is 12.2. The molecular formula is C18H26N2O3. The first-order valence-corrected chi connectivity index (χ1v) is 8.20. The number of piperazine rings is 1. The highest BCUT2D eigenvalue weighted by Gasteiger charge is 2.24. The van der Waals surface area contributed by atoms with Gasteiger partial charge >= 0.3 is 0 Å². The van der Waals surface area contributed by atoms with Crippen LogP contribution in [0.2, 0.25) is 0 Å². The molecule has 0 aromatic heterocycles. The standard InChI is InChI=1S/C18H26N2O3/c1-14(2)11-17(21)19-7-9-20(10-8-19)18(22)13-23-16-6-4-5-15(3)12-16/h4-6,12,14H,7-11,13H2,1-3H3. The van der Waals surface area contributed by atoms with Crippen LogP contribution in [0.1, 0.15) is 25.8 Å². The summed E-state index contributed by atoms with van der Waals surface area (Å²) in [6, 6.07) is 7.66. The Kier molecular flexibility index (Phi) is 6.02. The van der Waals surface area contributed by atoms with Crippen LogP contribution in [0.3, 0.4) is 0 Å². The van der Waals surface area contributed by atoms with E-state index in [0.29, 0.717) is 44.3 Å². The smallest absolute Gasteiger partial charge is 0.260 e. The number of ether oxygens (including phenoxy) is 1. The molecule has 1 aromatic carbocycles. The molecule has 0 saturated carbocycles. The SMILES string of the molecule is Cc1cccc(OCC(=O)N2CCN(C(=O)CC(C)C)CC2)c1. The van der Waals surface area contributed by atoms with E-state index < -0.39 is 0 Å². The van der Waals surface area contributed by atoms with E-state index in [9.17, 15) is 9.59 Å². The molecule has 23 heavy (non-hydrogen) atoms. The Morgan fingerprint density at radius 2 is 1.70 bits per heavy atom. The van der Waals surface area contributed by atoms with Crippen molar-refractivity contribution in [1.82, 2.24) is 9.80 Å². The topological polar surface area (TPSA) is 49.9 Å². The molecule has 2 amide bonds. The van der Waals surface area contributed by atoms with Gasteiger partial charge in [-0.05, 0) is 30.5 Å². The number of carbonyl (C=O) groups excluding carboxylic acids is 2. The Balaban J connectivity index is 1.76. The van der Waals surface area contributed by atoms with E-state index >= 15 is 0 Å². The molecule has 2 rings (SSSR count). The number of rotatable bonds is 5. The molecule has 0 bridgehead atoms. The third-order valence-corrected chi connectivity index (χ3v) is 3.92. The molecule has 1 aromatic rings. The average Bonchev–Trinajstić information content (AvgIpc) is 2.52. The van der Waals surface area contributed by atoms with Gasteiger partial charge in [0.15, 0.2) is 6.61 Å². The lowest BCUT2D eigenvalue weighted by Gasteiger charge is -2.35. The lowest BCUT2D eigenvalue weighted by molar-refractivity contribution is -0.141. The van der Waals surface area contributed by atoms with Gasteiger partial charge in [0.05, 0.1) is 0 Å². The Hall–Kier alpha value is -2.04. The maximum atomic E-state index is 12.2. The van der Waals surface area contributed by atoms with Crippen LogP contribution in [0.15, 0.2) is 24.3 Å². The molecule has 1 fully saturated rings. The molecular weight excluding hydrogens is 292 g/mol. The predicted octanol–water partition coefficient (Wildman–Crippen LogP) is 2.09. The van der Waals surface area contributed by atoms with Gasteiger partial charge in [-0.2, -0.15) is 0 Å². The minimum Gasteiger partial charge on any atom is -0.484 e. The summed E-state index contributed by atoms with van der Waals surface area (Å²) in [6.45, 7) is 8.51. The second-order valence-corrected chi connectivity index (χ2v) is 6.46. The maximum Gasteiger partial charge on any atom is 0.260 e. The first-order chi connectivity index (χ1) is 11.0. The highest BCUT2D eigenvalue weighted by Crippen LogP contribution is 2.13. The molecule has 0 N–H and O–H groups in total. The van der Waals surface area contributed by atoms with E-state index in [1.165, 1.54) is 0 Å². The van der Waals surface area contributed by atoms with Crippen LogP contribution in [-0.2, 0) is 9.59 Å². The van der Waals surface area contributed by atoms with Gasteiger partial charge in [0.25, 0.3) is 5.91 Å². The molecule has 1 saturated heterocycles. The van der Waals surface area contributed by atoms with E-state index in [4.69, 9.17) is 4.74 Å². The Morgan fingerprint density at radius 1 is 1.09 bits per heavy atom. The molecule has 0 atom stereocenters. The van der Waals surface area contributed by atoms with Crippen molar-refractivity contribution in [3.8, 4) is 5.75 Å². The van der Waals surface area contributed by atoms with E-state index in [1.807, 2.05) is 49.9 Å². The zero-order valence-corrected chi connectivity index (χ0v) is 14.2. The van der Waals surface area contributed by atoms with Crippen LogP contribution in [0.4, 0.5) is 0 Å². The molecule has 1 heterocycles. The lowest BCUT2D eigenvalue weighted by atomic mass is 10.1. The van der Waals surface area contributed by atoms with Crippen molar-refractivity contribution >= 4 is 11.8 Å². The summed E-state index contributed by atoms with van der Waals surface area (Å²) in [6.07, 6.45) is 0.574. The summed E-state index contributed by atoms with van der Waals surface area (Å²) in [5.41, 5.74) is 1.10. The summed E-state index contributed by atoms with van der Waals surface area (Å²) in [5, 5.41) is 0. The highest BCUT2D eigenvalue weighted by molar-refractivity contribution is 5.79. The summed E-state index contributed by atoms with van der Waals surface area (Å²) in [4.78, 5) is 27.9. The lowest BCUT2D eigenvalue weighted by Crippen LogP contribution is -2.51. The third kappa shape index (κ3) is 5.27. The molecule has 5 nitrogen and oxygen atoms in total. The third-order valence-electron chi connectivity index (χ3n) is 3.92. The minimum atomic E-state index is -0.0255. The van der Waals surface area contributed by atoms with Crippen molar-refractivity contribution in [2.75, 3.05) is 32.8 Å². The molecule has 1 aliphatic heterocycles. The fourth-order valence-corrected chi connectivity index (χ4v) is 2.63. The average molecular weight is 318 g/mol. The van der Waals surface area contributed by atoms with E-state index in [0.717, 1.165) is 5.56 Å². The number of benzene rings is 1. The number of nitrogens with zero attached hydrogens (tertiary/aromatic N) is 2. The highest BCUT2D eigenvalue weighted by atomic mass is 16.5. The van der Waals surface area contributed by atoms with E-state index in [1.54, 1.807) is 4.90 Å². The van der Waals surface area contributed by atoms with Crippen molar-refractivity contribution in [2.24, 2.45) is 5.92 Å². The molecule has 5 heteroatoms. The number of hydrogen-bond donors (Lipinski definition) is 0. The summed E-state index contributed by atoms with van der Waals surface area (Å²) in [7, 11) is 0. The molecule has 1 aliphatic rings. The van der Waals surface area contributed by atoms with Gasteiger partial charge in [-0.3, -0.25) is 9.59 Å². The van der Waals surface area contributed by atoms with Crippen LogP contribution in [0.25, 0.3) is 0 Å². The fourth-order valence-electron chi connectivity index (χ4n) is 2.63. The van der Waals surface area contributed by atoms with Crippen molar-refractivity contribution in [2.45, 2.75) is 27.2 Å². The van der Waals surface area contributed by atoms with Crippen molar-refractivity contribution in [1.29, 1.82) is 0 Å². The molecule has 0 radical (unpaired) electrons. The van der Waals surface area contributed by atoms with Gasteiger partial charge in [0.1, 0.15) is 5.75 Å². The van der Waals surface area contributed by atoms with Gasteiger partial charge in [-0.1, -0.05) is 26.0 Å². The van der Waals surface area contributed by atoms with Crippen LogP contribution >= 0.6 is 0 Å². The van der Waals surface area contributed by atoms with Crippen LogP contribution < -0.4 is 4.74 Å². The Morgan fingerprint density at radius 3 is 2.26 bits per heavy atom. The number of carbonyl (C=O) groups is 2. The zero-order valence-electron chi connectivity index (χ0n) is 14.2. The second kappa shape index (κ2) is 7.99. The fraction of sp³-hybridized carbons (Fsp3) is 0.556. The first kappa shape index (κ1) is 17.3. The number of hydrogen-bond acceptors (Lipinski definition) is 3. The van der Waals surface area contributed by atoms with Gasteiger partial charge in [-0.15, -0.1) is 0 Å². The summed E-state index contributed by atoms with van der Waals surface area (Å²) >= 11 is 0. The van der Waals surface area contributed by atoms with Gasteiger partial charge in [0, 0.05) is 32.6 Å². The Bertz CT molecular complexity index is 549. The largest absolute Gasteiger partial charge is 0.484 e. The predicted molar refractivity (Wildman–Crippen MR) is 89.3 cm³/mol. The van der Waals surface area contributed by atoms with Gasteiger partial charge < -0.3 is 14.5 Å². The monoisotopic (exact) mass is 318 g/mol. The normalized spacial score (nSPS) is 15.0. The van der Waals surface area contributed by atoms with Gasteiger partial charge in [0.2, 0.25) is 5.91 Å². The molecule has 126 valence electrons. The van der Waals surface area contributed by atoms with Crippen LogP contribution in [0, 0.1) is 12.8 Å². The Labute approximate surface area is 138 Å². The quantitative estimate of drug-likeness (QED) is 0.835. The van der Waals surface area contributed by atoms with Crippen LogP contribution in [0.5, 0.6) is 5.75 Å². The van der Waals surface area contributed by atoms with Crippen molar-refractivity contribution in [3.63, 3.8) is 0 Å². The minimum absolute atomic E-state index is 0.0255. The molecule has 0 unspecified atom stereocenters. The number of aryl methyl sites for hydroxylation is 1. The molecule has 0 spiro atoms. The summed E-state index contributed by atoms with van der Waals surface area (Å²) < 4.78 is 5.56. The van der Waals surface area contributed by atoms with Gasteiger partial charge in [-0.25, -0.2) is 0 Å². The molecule has 0 aliphatic carbocycles. The van der Waals surface area contributed by atoms with Crippen molar-refractivity contribution in [3.05, 3.63) is 29.8 Å². The van der Waals surface area contributed by atoms with E-state index in [-0.39, 0.29) is 18.4 Å².